The summed E-state index contributed by atoms with van der Waals surface area (Å²) in [5, 5.41) is 0. The van der Waals surface area contributed by atoms with Gasteiger partial charge in [0.25, 0.3) is 0 Å². The summed E-state index contributed by atoms with van der Waals surface area (Å²) < 4.78 is 0. The zero-order valence-electron chi connectivity index (χ0n) is 19.4. The maximum atomic E-state index is 2.55. The Balaban J connectivity index is 1.28. The fourth-order valence-electron chi connectivity index (χ4n) is 7.17. The van der Waals surface area contributed by atoms with E-state index in [0.717, 1.165) is 29.6 Å². The summed E-state index contributed by atoms with van der Waals surface area (Å²) in [5.74, 6) is 5.24. The second-order valence-electron chi connectivity index (χ2n) is 11.0. The van der Waals surface area contributed by atoms with E-state index in [-0.39, 0.29) is 0 Å². The molecule has 3 aliphatic carbocycles. The highest BCUT2D eigenvalue weighted by Gasteiger charge is 2.38. The summed E-state index contributed by atoms with van der Waals surface area (Å²) in [6.45, 7) is 4.64. The summed E-state index contributed by atoms with van der Waals surface area (Å²) in [5.41, 5.74) is 4.97. The van der Waals surface area contributed by atoms with Crippen molar-refractivity contribution in [3.8, 4) is 0 Å². The fourth-order valence-corrected chi connectivity index (χ4v) is 7.17. The van der Waals surface area contributed by atoms with Gasteiger partial charge in [0.2, 0.25) is 0 Å². The van der Waals surface area contributed by atoms with E-state index in [9.17, 15) is 0 Å². The van der Waals surface area contributed by atoms with Gasteiger partial charge in [-0.1, -0.05) is 70.6 Å². The third-order valence-corrected chi connectivity index (χ3v) is 9.00. The van der Waals surface area contributed by atoms with Gasteiger partial charge in [0.05, 0.1) is 0 Å². The number of fused-ring (bicyclic) bond motifs is 2. The number of hydrogen-bond donors (Lipinski definition) is 0. The van der Waals surface area contributed by atoms with Crippen molar-refractivity contribution in [1.29, 1.82) is 0 Å². The molecule has 0 bridgehead atoms. The molecule has 1 aromatic carbocycles. The molecule has 0 radical (unpaired) electrons. The van der Waals surface area contributed by atoms with Crippen LogP contribution < -0.4 is 0 Å². The molecule has 29 heavy (non-hydrogen) atoms. The molecule has 3 aliphatic rings. The zero-order chi connectivity index (χ0) is 20.1. The highest BCUT2D eigenvalue weighted by Crippen LogP contribution is 2.49. The van der Waals surface area contributed by atoms with Crippen LogP contribution in [0, 0.1) is 29.6 Å². The van der Waals surface area contributed by atoms with E-state index in [1.807, 2.05) is 0 Å². The van der Waals surface area contributed by atoms with E-state index in [1.54, 1.807) is 48.8 Å². The number of benzene rings is 1. The van der Waals surface area contributed by atoms with E-state index in [2.05, 4.69) is 32.0 Å². The Bertz CT molecular complexity index is 629. The summed E-state index contributed by atoms with van der Waals surface area (Å²) in [6, 6.07) is 7.49. The van der Waals surface area contributed by atoms with E-state index in [1.165, 1.54) is 70.6 Å². The maximum Gasteiger partial charge on any atom is -0.0245 e. The monoisotopic (exact) mass is 394 g/mol. The van der Waals surface area contributed by atoms with Crippen LogP contribution in [0.1, 0.15) is 114 Å². The molecule has 2 fully saturated rings. The third kappa shape index (κ3) is 5.48. The molecule has 0 nitrogen and oxygen atoms in total. The average Bonchev–Trinajstić information content (AvgIpc) is 2.77. The van der Waals surface area contributed by atoms with E-state index in [0.29, 0.717) is 0 Å². The first-order valence-electron chi connectivity index (χ1n) is 13.4. The molecule has 0 aromatic heterocycles. The van der Waals surface area contributed by atoms with Gasteiger partial charge in [-0.2, -0.15) is 0 Å². The van der Waals surface area contributed by atoms with Crippen molar-refractivity contribution in [2.75, 3.05) is 0 Å². The van der Waals surface area contributed by atoms with E-state index >= 15 is 0 Å². The first-order valence-corrected chi connectivity index (χ1v) is 13.4. The Morgan fingerprint density at radius 1 is 0.724 bits per heavy atom. The fraction of sp³-hybridized carbons (Fsp3) is 0.793. The molecule has 5 atom stereocenters. The predicted molar refractivity (Wildman–Crippen MR) is 126 cm³/mol. The lowest BCUT2D eigenvalue weighted by Crippen LogP contribution is -2.35. The largest absolute Gasteiger partial charge is 0.0654 e. The molecule has 4 rings (SSSR count). The molecule has 2 saturated carbocycles. The zero-order valence-corrected chi connectivity index (χ0v) is 19.4. The SMILES string of the molecule is CCCCC[C@@H]1CC[C@@H]2CC(C3CCc4cc(CCCC)ccc4C3)CCC2C1. The minimum atomic E-state index is 0.979. The number of aryl methyl sites for hydroxylation is 2. The van der Waals surface area contributed by atoms with Crippen LogP contribution in [0.25, 0.3) is 0 Å². The molecule has 0 aliphatic heterocycles. The molecule has 0 saturated heterocycles. The van der Waals surface area contributed by atoms with Crippen LogP contribution in [0.2, 0.25) is 0 Å². The van der Waals surface area contributed by atoms with Crippen molar-refractivity contribution in [2.45, 2.75) is 117 Å². The molecule has 0 heteroatoms. The molecular formula is C29H46. The van der Waals surface area contributed by atoms with Crippen molar-refractivity contribution in [2.24, 2.45) is 29.6 Å². The van der Waals surface area contributed by atoms with Gasteiger partial charge in [-0.3, -0.25) is 0 Å². The van der Waals surface area contributed by atoms with Gasteiger partial charge in [-0.05, 0) is 110 Å². The minimum Gasteiger partial charge on any atom is -0.0654 e. The number of unbranched alkanes of at least 4 members (excludes halogenated alkanes) is 3. The van der Waals surface area contributed by atoms with Crippen LogP contribution in [-0.2, 0) is 19.3 Å². The Kier molecular flexibility index (Phi) is 7.77. The Morgan fingerprint density at radius 2 is 1.48 bits per heavy atom. The van der Waals surface area contributed by atoms with Gasteiger partial charge in [0.1, 0.15) is 0 Å². The van der Waals surface area contributed by atoms with Crippen molar-refractivity contribution in [3.63, 3.8) is 0 Å². The Morgan fingerprint density at radius 3 is 2.31 bits per heavy atom. The number of rotatable bonds is 8. The van der Waals surface area contributed by atoms with Gasteiger partial charge in [-0.15, -0.1) is 0 Å². The van der Waals surface area contributed by atoms with Crippen LogP contribution in [0.4, 0.5) is 0 Å². The van der Waals surface area contributed by atoms with E-state index in [4.69, 9.17) is 0 Å². The lowest BCUT2D eigenvalue weighted by atomic mass is 9.61. The normalized spacial score (nSPS) is 31.9. The summed E-state index contributed by atoms with van der Waals surface area (Å²) in [6.07, 6.45) is 23.3. The number of hydrogen-bond acceptors (Lipinski definition) is 0. The average molecular weight is 395 g/mol. The minimum absolute atomic E-state index is 0.979. The first-order chi connectivity index (χ1) is 14.3. The third-order valence-electron chi connectivity index (χ3n) is 9.00. The van der Waals surface area contributed by atoms with Gasteiger partial charge >= 0.3 is 0 Å². The van der Waals surface area contributed by atoms with Crippen molar-refractivity contribution in [1.82, 2.24) is 0 Å². The quantitative estimate of drug-likeness (QED) is 0.387. The molecule has 0 heterocycles. The predicted octanol–water partition coefficient (Wildman–Crippen LogP) is 8.55. The Labute approximate surface area is 181 Å². The lowest BCUT2D eigenvalue weighted by Gasteiger charge is -2.45. The van der Waals surface area contributed by atoms with Crippen molar-refractivity contribution >= 4 is 0 Å². The highest BCUT2D eigenvalue weighted by atomic mass is 14.4. The van der Waals surface area contributed by atoms with Gasteiger partial charge in [0, 0.05) is 0 Å². The summed E-state index contributed by atoms with van der Waals surface area (Å²) in [7, 11) is 0. The Hall–Kier alpha value is -0.780. The smallest absolute Gasteiger partial charge is 0.0245 e. The van der Waals surface area contributed by atoms with Crippen molar-refractivity contribution < 1.29 is 0 Å². The van der Waals surface area contributed by atoms with Crippen LogP contribution in [0.3, 0.4) is 0 Å². The van der Waals surface area contributed by atoms with Crippen LogP contribution in [0.5, 0.6) is 0 Å². The van der Waals surface area contributed by atoms with Crippen LogP contribution in [0.15, 0.2) is 18.2 Å². The second-order valence-corrected chi connectivity index (χ2v) is 11.0. The lowest BCUT2D eigenvalue weighted by molar-refractivity contribution is 0.0690. The molecule has 1 aromatic rings. The topological polar surface area (TPSA) is 0 Å². The molecule has 0 amide bonds. The summed E-state index contributed by atoms with van der Waals surface area (Å²) in [4.78, 5) is 0. The first kappa shape index (κ1) is 21.5. The second kappa shape index (κ2) is 10.5. The van der Waals surface area contributed by atoms with E-state index < -0.39 is 0 Å². The molecule has 3 unspecified atom stereocenters. The van der Waals surface area contributed by atoms with Crippen LogP contribution in [-0.4, -0.2) is 0 Å². The molecule has 162 valence electrons. The molecule has 0 spiro atoms. The molecular weight excluding hydrogens is 348 g/mol. The maximum absolute atomic E-state index is 2.55. The highest BCUT2D eigenvalue weighted by molar-refractivity contribution is 5.34. The van der Waals surface area contributed by atoms with Gasteiger partial charge in [-0.25, -0.2) is 0 Å². The standard InChI is InChI=1S/C29H46/c1-3-5-7-9-23-11-13-27-21-29(17-15-25(27)19-23)28-16-14-24-18-22(8-6-4-2)10-12-26(24)20-28/h10,12,18,23,25,27-29H,3-9,11,13-17,19-21H2,1-2H3/t23-,25?,27-,28?,29?/m1/s1. The van der Waals surface area contributed by atoms with Gasteiger partial charge < -0.3 is 0 Å². The molecule has 0 N–H and O–H groups in total. The summed E-state index contributed by atoms with van der Waals surface area (Å²) >= 11 is 0. The van der Waals surface area contributed by atoms with Crippen molar-refractivity contribution in [3.05, 3.63) is 34.9 Å². The van der Waals surface area contributed by atoms with Gasteiger partial charge in [0.15, 0.2) is 0 Å². The van der Waals surface area contributed by atoms with Crippen LogP contribution >= 0.6 is 0 Å².